The van der Waals surface area contributed by atoms with Gasteiger partial charge in [-0.15, -0.1) is 46.7 Å². The minimum absolute atomic E-state index is 0. The third kappa shape index (κ3) is 7.36. The van der Waals surface area contributed by atoms with Crippen molar-refractivity contribution in [1.29, 1.82) is 0 Å². The van der Waals surface area contributed by atoms with Crippen LogP contribution in [-0.4, -0.2) is 56.0 Å². The van der Waals surface area contributed by atoms with E-state index in [0.29, 0.717) is 0 Å². The van der Waals surface area contributed by atoms with Crippen LogP contribution in [0.5, 0.6) is 0 Å². The van der Waals surface area contributed by atoms with E-state index in [1.165, 1.54) is 35.7 Å². The van der Waals surface area contributed by atoms with Crippen molar-refractivity contribution in [2.24, 2.45) is 10.9 Å². The molecule has 0 unspecified atom stereocenters. The maximum atomic E-state index is 4.46. The molecule has 1 N–H and O–H groups in total. The molecule has 0 radical (unpaired) electrons. The number of rotatable bonds is 7. The number of hydrogen-bond donors (Lipinski definition) is 1. The number of halogens is 1. The van der Waals surface area contributed by atoms with Gasteiger partial charge < -0.3 is 10.2 Å². The Labute approximate surface area is 188 Å². The van der Waals surface area contributed by atoms with E-state index < -0.39 is 0 Å². The molecule has 3 rings (SSSR count). The first-order chi connectivity index (χ1) is 12.7. The van der Waals surface area contributed by atoms with E-state index in [0.717, 1.165) is 37.9 Å². The average Bonchev–Trinajstić information content (AvgIpc) is 3.35. The van der Waals surface area contributed by atoms with E-state index in [-0.39, 0.29) is 24.0 Å². The second-order valence-electron chi connectivity index (χ2n) is 6.98. The van der Waals surface area contributed by atoms with Crippen LogP contribution in [0.25, 0.3) is 0 Å². The zero-order valence-electron chi connectivity index (χ0n) is 16.3. The Morgan fingerprint density at radius 1 is 1.19 bits per heavy atom. The van der Waals surface area contributed by atoms with Gasteiger partial charge in [-0.3, -0.25) is 9.89 Å². The second kappa shape index (κ2) is 12.0. The van der Waals surface area contributed by atoms with Crippen molar-refractivity contribution in [2.45, 2.75) is 25.8 Å². The quantitative estimate of drug-likeness (QED) is 0.335. The molecule has 1 saturated heterocycles. The molecule has 1 fully saturated rings. The third-order valence-corrected chi connectivity index (χ3v) is 6.86. The van der Waals surface area contributed by atoms with Gasteiger partial charge in [0.25, 0.3) is 0 Å². The number of nitrogens with one attached hydrogen (secondary N) is 1. The zero-order valence-corrected chi connectivity index (χ0v) is 20.2. The summed E-state index contributed by atoms with van der Waals surface area (Å²) in [5.74, 6) is 1.76. The highest BCUT2D eigenvalue weighted by molar-refractivity contribution is 14.0. The molecular formula is C20H31IN4S2. The molecule has 1 aliphatic heterocycles. The van der Waals surface area contributed by atoms with Gasteiger partial charge in [-0.1, -0.05) is 12.1 Å². The Morgan fingerprint density at radius 2 is 1.85 bits per heavy atom. The molecule has 1 aliphatic rings. The number of guanidine groups is 1. The Balaban J connectivity index is 0.00000261. The maximum absolute atomic E-state index is 4.46. The van der Waals surface area contributed by atoms with Crippen LogP contribution in [0.2, 0.25) is 0 Å². The fraction of sp³-hybridized carbons (Fsp3) is 0.550. The van der Waals surface area contributed by atoms with Crippen LogP contribution in [0.3, 0.4) is 0 Å². The first-order valence-corrected chi connectivity index (χ1v) is 11.2. The highest BCUT2D eigenvalue weighted by atomic mass is 127. The van der Waals surface area contributed by atoms with E-state index >= 15 is 0 Å². The van der Waals surface area contributed by atoms with Gasteiger partial charge in [0.1, 0.15) is 0 Å². The lowest BCUT2D eigenvalue weighted by molar-refractivity contribution is 0.179. The van der Waals surface area contributed by atoms with Crippen LogP contribution in [0.1, 0.15) is 22.6 Å². The summed E-state index contributed by atoms with van der Waals surface area (Å²) in [5, 5.41) is 7.91. The smallest absolute Gasteiger partial charge is 0.193 e. The Kier molecular flexibility index (Phi) is 10.1. The number of likely N-dealkylation sites (tertiary alicyclic amines) is 1. The van der Waals surface area contributed by atoms with Crippen LogP contribution in [0.15, 0.2) is 40.0 Å². The summed E-state index contributed by atoms with van der Waals surface area (Å²) in [5.41, 5.74) is 0. The Bertz CT molecular complexity index is 650. The van der Waals surface area contributed by atoms with Crippen LogP contribution in [-0.2, 0) is 13.0 Å². The first kappa shape index (κ1) is 22.6. The van der Waals surface area contributed by atoms with Crippen LogP contribution in [0.4, 0.5) is 0 Å². The number of piperidine rings is 1. The lowest BCUT2D eigenvalue weighted by Gasteiger charge is -2.32. The van der Waals surface area contributed by atoms with Gasteiger partial charge in [0.15, 0.2) is 5.96 Å². The van der Waals surface area contributed by atoms with Crippen molar-refractivity contribution in [3.63, 3.8) is 0 Å². The van der Waals surface area contributed by atoms with Crippen molar-refractivity contribution >= 4 is 52.6 Å². The van der Waals surface area contributed by atoms with Gasteiger partial charge in [0.05, 0.1) is 0 Å². The van der Waals surface area contributed by atoms with E-state index in [1.54, 1.807) is 0 Å². The molecule has 0 saturated carbocycles. The molecule has 4 nitrogen and oxygen atoms in total. The molecule has 150 valence electrons. The number of thiophene rings is 2. The Morgan fingerprint density at radius 3 is 2.44 bits per heavy atom. The molecule has 0 aromatic carbocycles. The number of likely N-dealkylation sites (N-methyl/N-ethyl adjacent to an activating group) is 1. The van der Waals surface area contributed by atoms with Crippen LogP contribution in [0, 0.1) is 5.92 Å². The number of hydrogen-bond acceptors (Lipinski definition) is 4. The topological polar surface area (TPSA) is 30.9 Å². The van der Waals surface area contributed by atoms with Crippen LogP contribution < -0.4 is 5.32 Å². The van der Waals surface area contributed by atoms with Crippen molar-refractivity contribution in [2.75, 3.05) is 40.3 Å². The van der Waals surface area contributed by atoms with Gasteiger partial charge in [-0.05, 0) is 61.2 Å². The van der Waals surface area contributed by atoms with Crippen LogP contribution >= 0.6 is 46.7 Å². The van der Waals surface area contributed by atoms with E-state index in [9.17, 15) is 0 Å². The van der Waals surface area contributed by atoms with Crippen molar-refractivity contribution < 1.29 is 0 Å². The molecule has 0 amide bonds. The molecular weight excluding hydrogens is 487 g/mol. The molecule has 0 bridgehead atoms. The molecule has 7 heteroatoms. The number of aliphatic imine (C=N–C) groups is 1. The fourth-order valence-electron chi connectivity index (χ4n) is 3.43. The van der Waals surface area contributed by atoms with E-state index in [2.05, 4.69) is 62.2 Å². The zero-order chi connectivity index (χ0) is 18.2. The molecule has 3 heterocycles. The lowest BCUT2D eigenvalue weighted by atomic mass is 9.97. The maximum Gasteiger partial charge on any atom is 0.193 e. The molecule has 0 aliphatic carbocycles. The second-order valence-corrected chi connectivity index (χ2v) is 9.04. The highest BCUT2D eigenvalue weighted by Gasteiger charge is 2.20. The SMILES string of the molecule is CN=C(NCC1CCN(Cc2cccs2)CC1)N(C)CCc1cccs1.I. The molecule has 27 heavy (non-hydrogen) atoms. The minimum Gasteiger partial charge on any atom is -0.356 e. The van der Waals surface area contributed by atoms with Gasteiger partial charge >= 0.3 is 0 Å². The largest absolute Gasteiger partial charge is 0.356 e. The van der Waals surface area contributed by atoms with Gasteiger partial charge in [-0.2, -0.15) is 0 Å². The first-order valence-electron chi connectivity index (χ1n) is 9.43. The third-order valence-electron chi connectivity index (χ3n) is 5.06. The average molecular weight is 519 g/mol. The standard InChI is InChI=1S/C20H30N4S2.HI/c1-21-20(23(2)10-9-18-5-3-13-25-18)22-15-17-7-11-24(12-8-17)16-19-6-4-14-26-19;/h3-6,13-14,17H,7-12,15-16H2,1-2H3,(H,21,22);1H. The van der Waals surface area contributed by atoms with Crippen molar-refractivity contribution in [1.82, 2.24) is 15.1 Å². The monoisotopic (exact) mass is 518 g/mol. The van der Waals surface area contributed by atoms with Gasteiger partial charge in [-0.25, -0.2) is 0 Å². The van der Waals surface area contributed by atoms with Crippen molar-refractivity contribution in [3.05, 3.63) is 44.8 Å². The fourth-order valence-corrected chi connectivity index (χ4v) is 4.87. The van der Waals surface area contributed by atoms with E-state index in [1.807, 2.05) is 29.7 Å². The summed E-state index contributed by atoms with van der Waals surface area (Å²) < 4.78 is 0. The predicted molar refractivity (Wildman–Crippen MR) is 130 cm³/mol. The molecule has 0 spiro atoms. The summed E-state index contributed by atoms with van der Waals surface area (Å²) in [6.45, 7) is 5.56. The van der Waals surface area contributed by atoms with Crippen molar-refractivity contribution in [3.8, 4) is 0 Å². The summed E-state index contributed by atoms with van der Waals surface area (Å²) in [6, 6.07) is 8.72. The highest BCUT2D eigenvalue weighted by Crippen LogP contribution is 2.20. The summed E-state index contributed by atoms with van der Waals surface area (Å²) in [7, 11) is 4.01. The Hall–Kier alpha value is -0.640. The lowest BCUT2D eigenvalue weighted by Crippen LogP contribution is -2.44. The van der Waals surface area contributed by atoms with E-state index in [4.69, 9.17) is 0 Å². The number of nitrogens with zero attached hydrogens (tertiary/aromatic N) is 3. The normalized spacial score (nSPS) is 16.1. The molecule has 2 aromatic rings. The minimum atomic E-state index is 0. The molecule has 2 aromatic heterocycles. The predicted octanol–water partition coefficient (Wildman–Crippen LogP) is 4.39. The summed E-state index contributed by atoms with van der Waals surface area (Å²) in [4.78, 5) is 12.2. The van der Waals surface area contributed by atoms with Gasteiger partial charge in [0.2, 0.25) is 0 Å². The summed E-state index contributed by atoms with van der Waals surface area (Å²) >= 11 is 3.70. The van der Waals surface area contributed by atoms with Gasteiger partial charge in [0, 0.05) is 43.5 Å². The molecule has 0 atom stereocenters. The summed E-state index contributed by atoms with van der Waals surface area (Å²) in [6.07, 6.45) is 3.62.